The molecule has 184 valence electrons. The van der Waals surface area contributed by atoms with Crippen LogP contribution in [0.15, 0.2) is 72.2 Å². The Labute approximate surface area is 212 Å². The van der Waals surface area contributed by atoms with Crippen molar-refractivity contribution in [3.63, 3.8) is 0 Å². The van der Waals surface area contributed by atoms with Crippen molar-refractivity contribution < 1.29 is 19.0 Å². The number of carbonyl (C=O) groups is 1. The Morgan fingerprint density at radius 2 is 2.00 bits per heavy atom. The van der Waals surface area contributed by atoms with Crippen LogP contribution in [0.5, 0.6) is 5.75 Å². The number of nitrogens with one attached hydrogen (secondary N) is 2. The van der Waals surface area contributed by atoms with Gasteiger partial charge in [0.15, 0.2) is 0 Å². The van der Waals surface area contributed by atoms with Gasteiger partial charge in [-0.15, -0.1) is 11.3 Å². The Morgan fingerprint density at radius 3 is 2.83 bits per heavy atom. The molecule has 5 aromatic rings. The second kappa shape index (κ2) is 10.5. The number of H-pyrrole nitrogens is 1. The average Bonchev–Trinajstić information content (AvgIpc) is 3.51. The molecular weight excluding hydrogens is 475 g/mol. The molecule has 1 atom stereocenters. The van der Waals surface area contributed by atoms with Crippen LogP contribution in [0, 0.1) is 5.82 Å². The van der Waals surface area contributed by atoms with Crippen LogP contribution in [0.1, 0.15) is 29.3 Å². The molecular formula is C29H27FN2O3S. The van der Waals surface area contributed by atoms with Crippen molar-refractivity contribution in [3.05, 3.63) is 89.2 Å². The van der Waals surface area contributed by atoms with Crippen LogP contribution in [0.2, 0.25) is 0 Å². The molecule has 3 aromatic carbocycles. The number of fused-ring (bicyclic) bond motifs is 2. The molecule has 0 spiro atoms. The number of amides is 1. The summed E-state index contributed by atoms with van der Waals surface area (Å²) in [4.78, 5) is 16.6. The van der Waals surface area contributed by atoms with Gasteiger partial charge in [-0.05, 0) is 65.7 Å². The lowest BCUT2D eigenvalue weighted by Gasteiger charge is -2.18. The maximum absolute atomic E-state index is 13.8. The molecule has 0 radical (unpaired) electrons. The second-order valence-electron chi connectivity index (χ2n) is 8.77. The average molecular weight is 503 g/mol. The molecule has 0 aliphatic carbocycles. The first-order valence-electron chi connectivity index (χ1n) is 12.0. The highest BCUT2D eigenvalue weighted by Gasteiger charge is 2.20. The molecule has 1 amide bonds. The SMILES string of the molecule is CCCOc1ccc(-c2csc3ccccc23)cc1C(=O)NC(CO)Cc1c[nH]c2ccc(F)cc12. The number of carbonyl (C=O) groups excluding carboxylic acids is 1. The predicted octanol–water partition coefficient (Wildman–Crippen LogP) is 6.31. The molecule has 7 heteroatoms. The van der Waals surface area contributed by atoms with E-state index in [-0.39, 0.29) is 18.3 Å². The van der Waals surface area contributed by atoms with Gasteiger partial charge in [0.1, 0.15) is 11.6 Å². The predicted molar refractivity (Wildman–Crippen MR) is 143 cm³/mol. The minimum absolute atomic E-state index is 0.256. The monoisotopic (exact) mass is 502 g/mol. The van der Waals surface area contributed by atoms with Crippen LogP contribution < -0.4 is 10.1 Å². The van der Waals surface area contributed by atoms with Crippen LogP contribution >= 0.6 is 11.3 Å². The molecule has 2 aromatic heterocycles. The highest BCUT2D eigenvalue weighted by atomic mass is 32.1. The molecule has 0 saturated carbocycles. The third-order valence-electron chi connectivity index (χ3n) is 6.23. The van der Waals surface area contributed by atoms with Crippen molar-refractivity contribution in [2.75, 3.05) is 13.2 Å². The van der Waals surface area contributed by atoms with Gasteiger partial charge in [-0.1, -0.05) is 31.2 Å². The first-order valence-corrected chi connectivity index (χ1v) is 12.9. The largest absolute Gasteiger partial charge is 0.493 e. The summed E-state index contributed by atoms with van der Waals surface area (Å²) in [5.74, 6) is -0.153. The Morgan fingerprint density at radius 1 is 1.14 bits per heavy atom. The fraction of sp³-hybridized carbons (Fsp3) is 0.207. The van der Waals surface area contributed by atoms with Gasteiger partial charge in [0.2, 0.25) is 0 Å². The van der Waals surface area contributed by atoms with E-state index >= 15 is 0 Å². The minimum atomic E-state index is -0.551. The van der Waals surface area contributed by atoms with E-state index in [1.54, 1.807) is 23.6 Å². The van der Waals surface area contributed by atoms with Crippen LogP contribution in [0.3, 0.4) is 0 Å². The number of aliphatic hydroxyl groups is 1. The zero-order valence-corrected chi connectivity index (χ0v) is 20.7. The number of hydrogen-bond acceptors (Lipinski definition) is 4. The van der Waals surface area contributed by atoms with Gasteiger partial charge >= 0.3 is 0 Å². The molecule has 1 unspecified atom stereocenters. The van der Waals surface area contributed by atoms with Gasteiger partial charge in [-0.25, -0.2) is 4.39 Å². The van der Waals surface area contributed by atoms with Gasteiger partial charge in [0.25, 0.3) is 5.91 Å². The Bertz CT molecular complexity index is 1520. The summed E-state index contributed by atoms with van der Waals surface area (Å²) in [7, 11) is 0. The summed E-state index contributed by atoms with van der Waals surface area (Å²) < 4.78 is 20.9. The van der Waals surface area contributed by atoms with Gasteiger partial charge in [0.05, 0.1) is 24.8 Å². The standard InChI is InChI=1S/C29H27FN2O3S/c1-2-11-35-27-10-7-18(25-17-36-28-6-4-3-5-22(25)28)13-24(27)29(34)32-21(16-33)12-19-15-31-26-9-8-20(30)14-23(19)26/h3-10,13-15,17,21,31,33H,2,11-12,16H2,1H3,(H,32,34). The summed E-state index contributed by atoms with van der Waals surface area (Å²) in [5, 5.41) is 17.0. The fourth-order valence-electron chi connectivity index (χ4n) is 4.42. The van der Waals surface area contributed by atoms with Gasteiger partial charge in [0, 0.05) is 32.7 Å². The summed E-state index contributed by atoms with van der Waals surface area (Å²) in [6, 6.07) is 17.8. The second-order valence-corrected chi connectivity index (χ2v) is 9.68. The Hall–Kier alpha value is -3.68. The van der Waals surface area contributed by atoms with Crippen molar-refractivity contribution in [3.8, 4) is 16.9 Å². The van der Waals surface area contributed by atoms with E-state index in [9.17, 15) is 14.3 Å². The quantitative estimate of drug-likeness (QED) is 0.221. The molecule has 5 rings (SSSR count). The lowest BCUT2D eigenvalue weighted by molar-refractivity contribution is 0.0912. The van der Waals surface area contributed by atoms with Gasteiger partial charge < -0.3 is 20.1 Å². The third kappa shape index (κ3) is 4.85. The molecule has 0 saturated heterocycles. The zero-order chi connectivity index (χ0) is 25.1. The van der Waals surface area contributed by atoms with E-state index in [1.807, 2.05) is 37.3 Å². The smallest absolute Gasteiger partial charge is 0.255 e. The maximum atomic E-state index is 13.8. The highest BCUT2D eigenvalue weighted by molar-refractivity contribution is 7.17. The molecule has 0 fully saturated rings. The molecule has 3 N–H and O–H groups in total. The Kier molecular flexibility index (Phi) is 7.02. The molecule has 0 aliphatic heterocycles. The summed E-state index contributed by atoms with van der Waals surface area (Å²) in [6.07, 6.45) is 2.96. The molecule has 5 nitrogen and oxygen atoms in total. The number of benzene rings is 3. The topological polar surface area (TPSA) is 74.3 Å². The number of rotatable bonds is 9. The number of aromatic amines is 1. The van der Waals surface area contributed by atoms with E-state index in [0.29, 0.717) is 24.3 Å². The van der Waals surface area contributed by atoms with Crippen molar-refractivity contribution >= 4 is 38.2 Å². The van der Waals surface area contributed by atoms with Crippen molar-refractivity contribution in [2.24, 2.45) is 0 Å². The van der Waals surface area contributed by atoms with E-state index < -0.39 is 6.04 Å². The Balaban J connectivity index is 1.44. The van der Waals surface area contributed by atoms with Gasteiger partial charge in [-0.2, -0.15) is 0 Å². The fourth-order valence-corrected chi connectivity index (χ4v) is 5.39. The van der Waals surface area contributed by atoms with Crippen molar-refractivity contribution in [1.82, 2.24) is 10.3 Å². The van der Waals surface area contributed by atoms with Crippen LogP contribution in [-0.2, 0) is 6.42 Å². The lowest BCUT2D eigenvalue weighted by Crippen LogP contribution is -2.39. The van der Waals surface area contributed by atoms with E-state index in [1.165, 1.54) is 16.8 Å². The number of halogens is 1. The number of aliphatic hydroxyl groups excluding tert-OH is 1. The third-order valence-corrected chi connectivity index (χ3v) is 7.19. The molecule has 0 aliphatic rings. The number of thiophene rings is 1. The summed E-state index contributed by atoms with van der Waals surface area (Å²) >= 11 is 1.66. The highest BCUT2D eigenvalue weighted by Crippen LogP contribution is 2.36. The van der Waals surface area contributed by atoms with E-state index in [2.05, 4.69) is 27.8 Å². The summed E-state index contributed by atoms with van der Waals surface area (Å²) in [6.45, 7) is 2.25. The van der Waals surface area contributed by atoms with Crippen LogP contribution in [0.4, 0.5) is 4.39 Å². The number of hydrogen-bond donors (Lipinski definition) is 3. The lowest BCUT2D eigenvalue weighted by atomic mass is 10.0. The molecule has 2 heterocycles. The maximum Gasteiger partial charge on any atom is 0.255 e. The zero-order valence-electron chi connectivity index (χ0n) is 19.9. The summed E-state index contributed by atoms with van der Waals surface area (Å²) in [5.41, 5.74) is 4.03. The number of ether oxygens (including phenoxy) is 1. The van der Waals surface area contributed by atoms with Crippen LogP contribution in [0.25, 0.3) is 32.1 Å². The first kappa shape index (κ1) is 24.0. The first-order chi connectivity index (χ1) is 17.6. The minimum Gasteiger partial charge on any atom is -0.493 e. The molecule has 36 heavy (non-hydrogen) atoms. The normalized spacial score (nSPS) is 12.2. The van der Waals surface area contributed by atoms with Crippen LogP contribution in [-0.4, -0.2) is 35.3 Å². The molecule has 0 bridgehead atoms. The number of aromatic nitrogens is 1. The van der Waals surface area contributed by atoms with E-state index in [4.69, 9.17) is 4.74 Å². The van der Waals surface area contributed by atoms with Crippen molar-refractivity contribution in [2.45, 2.75) is 25.8 Å². The van der Waals surface area contributed by atoms with Crippen molar-refractivity contribution in [1.29, 1.82) is 0 Å². The van der Waals surface area contributed by atoms with E-state index in [0.717, 1.165) is 39.4 Å². The van der Waals surface area contributed by atoms with Gasteiger partial charge in [-0.3, -0.25) is 4.79 Å².